The van der Waals surface area contributed by atoms with Crippen molar-refractivity contribution < 1.29 is 14.6 Å². The lowest BCUT2D eigenvalue weighted by atomic mass is 10.1. The van der Waals surface area contributed by atoms with E-state index >= 15 is 0 Å². The second-order valence-electron chi connectivity index (χ2n) is 3.92. The number of aliphatic carboxylic acids is 1. The molecule has 1 N–H and O–H groups in total. The van der Waals surface area contributed by atoms with Crippen molar-refractivity contribution in [3.63, 3.8) is 0 Å². The molecule has 0 atom stereocenters. The van der Waals surface area contributed by atoms with Crippen LogP contribution >= 0.6 is 0 Å². The Morgan fingerprint density at radius 3 is 2.47 bits per heavy atom. The minimum atomic E-state index is -0.907. The Balaban J connectivity index is 2.22. The van der Waals surface area contributed by atoms with Crippen LogP contribution in [0.15, 0.2) is 48.5 Å². The molecule has 19 heavy (non-hydrogen) atoms. The van der Waals surface area contributed by atoms with Gasteiger partial charge in [-0.1, -0.05) is 18.2 Å². The average molecular weight is 253 g/mol. The highest BCUT2D eigenvalue weighted by atomic mass is 16.5. The number of nitrogens with zero attached hydrogens (tertiary/aromatic N) is 1. The van der Waals surface area contributed by atoms with Crippen LogP contribution in [0.25, 0.3) is 0 Å². The lowest BCUT2D eigenvalue weighted by Gasteiger charge is -2.09. The van der Waals surface area contributed by atoms with E-state index < -0.39 is 5.97 Å². The van der Waals surface area contributed by atoms with Gasteiger partial charge in [-0.2, -0.15) is 5.26 Å². The number of ether oxygens (including phenoxy) is 1. The first kappa shape index (κ1) is 12.7. The summed E-state index contributed by atoms with van der Waals surface area (Å²) in [6.45, 7) is 0. The Kier molecular flexibility index (Phi) is 3.79. The normalized spacial score (nSPS) is 9.63. The van der Waals surface area contributed by atoms with Gasteiger partial charge in [0.25, 0.3) is 0 Å². The van der Waals surface area contributed by atoms with Gasteiger partial charge < -0.3 is 9.84 Å². The monoisotopic (exact) mass is 253 g/mol. The summed E-state index contributed by atoms with van der Waals surface area (Å²) in [5.41, 5.74) is 1.16. The molecular formula is C15H11NO3. The molecule has 0 saturated heterocycles. The number of hydrogen-bond acceptors (Lipinski definition) is 3. The average Bonchev–Trinajstić information content (AvgIpc) is 2.41. The molecule has 94 valence electrons. The van der Waals surface area contributed by atoms with Crippen LogP contribution < -0.4 is 4.74 Å². The zero-order valence-electron chi connectivity index (χ0n) is 10.0. The summed E-state index contributed by atoms with van der Waals surface area (Å²) in [6.07, 6.45) is -0.0908. The second kappa shape index (κ2) is 5.69. The number of carboxylic acid groups (broad SMARTS) is 1. The van der Waals surface area contributed by atoms with Gasteiger partial charge in [-0.15, -0.1) is 0 Å². The molecule has 0 bridgehead atoms. The van der Waals surface area contributed by atoms with E-state index in [4.69, 9.17) is 15.1 Å². The van der Waals surface area contributed by atoms with Crippen LogP contribution in [0.5, 0.6) is 11.5 Å². The highest BCUT2D eigenvalue weighted by Gasteiger charge is 2.08. The van der Waals surface area contributed by atoms with E-state index in [1.54, 1.807) is 48.5 Å². The van der Waals surface area contributed by atoms with E-state index in [0.717, 1.165) is 0 Å². The lowest BCUT2D eigenvalue weighted by molar-refractivity contribution is -0.136. The first-order valence-electron chi connectivity index (χ1n) is 5.67. The molecule has 2 aromatic rings. The number of carbonyl (C=O) groups is 1. The molecule has 0 saturated carbocycles. The molecule has 0 fully saturated rings. The van der Waals surface area contributed by atoms with Crippen LogP contribution in [0.3, 0.4) is 0 Å². The Bertz CT molecular complexity index is 627. The fourth-order valence-corrected chi connectivity index (χ4v) is 1.64. The Morgan fingerprint density at radius 1 is 1.16 bits per heavy atom. The van der Waals surface area contributed by atoms with Gasteiger partial charge in [-0.3, -0.25) is 4.79 Å². The Morgan fingerprint density at radius 2 is 1.84 bits per heavy atom. The first-order valence-corrected chi connectivity index (χ1v) is 5.67. The molecule has 2 aromatic carbocycles. The second-order valence-corrected chi connectivity index (χ2v) is 3.92. The van der Waals surface area contributed by atoms with Crippen molar-refractivity contribution in [1.82, 2.24) is 0 Å². The summed E-state index contributed by atoms with van der Waals surface area (Å²) in [5, 5.41) is 17.5. The zero-order valence-corrected chi connectivity index (χ0v) is 10.0. The van der Waals surface area contributed by atoms with Crippen molar-refractivity contribution in [3.8, 4) is 17.6 Å². The van der Waals surface area contributed by atoms with Gasteiger partial charge >= 0.3 is 5.97 Å². The molecule has 0 spiro atoms. The van der Waals surface area contributed by atoms with Crippen LogP contribution in [0.2, 0.25) is 0 Å². The number of carboxylic acids is 1. The molecular weight excluding hydrogens is 242 g/mol. The highest BCUT2D eigenvalue weighted by molar-refractivity contribution is 5.71. The van der Waals surface area contributed by atoms with Crippen molar-refractivity contribution >= 4 is 5.97 Å². The standard InChI is InChI=1S/C15H11NO3/c16-10-11-5-7-13(8-6-11)19-14-4-2-1-3-12(14)9-15(17)18/h1-8H,9H2,(H,17,18). The van der Waals surface area contributed by atoms with Gasteiger partial charge in [0.2, 0.25) is 0 Å². The molecule has 0 aromatic heterocycles. The quantitative estimate of drug-likeness (QED) is 0.909. The largest absolute Gasteiger partial charge is 0.481 e. The summed E-state index contributed by atoms with van der Waals surface area (Å²) >= 11 is 0. The minimum absolute atomic E-state index is 0.0908. The van der Waals surface area contributed by atoms with Crippen molar-refractivity contribution in [1.29, 1.82) is 5.26 Å². The number of rotatable bonds is 4. The SMILES string of the molecule is N#Cc1ccc(Oc2ccccc2CC(=O)O)cc1. The maximum Gasteiger partial charge on any atom is 0.307 e. The number of benzene rings is 2. The molecule has 0 aliphatic rings. The minimum Gasteiger partial charge on any atom is -0.481 e. The van der Waals surface area contributed by atoms with E-state index in [0.29, 0.717) is 22.6 Å². The van der Waals surface area contributed by atoms with Crippen molar-refractivity contribution in [2.45, 2.75) is 6.42 Å². The zero-order chi connectivity index (χ0) is 13.7. The summed E-state index contributed by atoms with van der Waals surface area (Å²) < 4.78 is 5.64. The molecule has 0 unspecified atom stereocenters. The van der Waals surface area contributed by atoms with E-state index in [-0.39, 0.29) is 6.42 Å². The molecule has 0 heterocycles. The van der Waals surface area contributed by atoms with Crippen LogP contribution in [-0.2, 0) is 11.2 Å². The Hall–Kier alpha value is -2.80. The van der Waals surface area contributed by atoms with Crippen LogP contribution in [0.4, 0.5) is 0 Å². The predicted octanol–water partition coefficient (Wildman–Crippen LogP) is 2.98. The fraction of sp³-hybridized carbons (Fsp3) is 0.0667. The van der Waals surface area contributed by atoms with Gasteiger partial charge in [0.1, 0.15) is 11.5 Å². The molecule has 0 radical (unpaired) electrons. The van der Waals surface area contributed by atoms with Gasteiger partial charge in [0.05, 0.1) is 18.1 Å². The summed E-state index contributed by atoms with van der Waals surface area (Å²) in [6, 6.07) is 15.7. The van der Waals surface area contributed by atoms with Crippen LogP contribution in [0, 0.1) is 11.3 Å². The third-order valence-electron chi connectivity index (χ3n) is 2.53. The Labute approximate surface area is 110 Å². The predicted molar refractivity (Wildman–Crippen MR) is 69.0 cm³/mol. The lowest BCUT2D eigenvalue weighted by Crippen LogP contribution is -2.01. The van der Waals surface area contributed by atoms with E-state index in [1.807, 2.05) is 6.07 Å². The van der Waals surface area contributed by atoms with E-state index in [9.17, 15) is 4.79 Å². The number of nitriles is 1. The molecule has 0 aliphatic heterocycles. The van der Waals surface area contributed by atoms with Crippen molar-refractivity contribution in [3.05, 3.63) is 59.7 Å². The van der Waals surface area contributed by atoms with Gasteiger partial charge in [-0.25, -0.2) is 0 Å². The third-order valence-corrected chi connectivity index (χ3v) is 2.53. The van der Waals surface area contributed by atoms with Crippen LogP contribution in [-0.4, -0.2) is 11.1 Å². The molecule has 0 aliphatic carbocycles. The van der Waals surface area contributed by atoms with Crippen molar-refractivity contribution in [2.24, 2.45) is 0 Å². The van der Waals surface area contributed by atoms with Crippen LogP contribution in [0.1, 0.15) is 11.1 Å². The van der Waals surface area contributed by atoms with Gasteiger partial charge in [0, 0.05) is 5.56 Å². The molecule has 2 rings (SSSR count). The molecule has 4 heteroatoms. The number of hydrogen-bond donors (Lipinski definition) is 1. The maximum absolute atomic E-state index is 10.8. The summed E-state index contributed by atoms with van der Waals surface area (Å²) in [4.78, 5) is 10.8. The smallest absolute Gasteiger partial charge is 0.307 e. The molecule has 4 nitrogen and oxygen atoms in total. The van der Waals surface area contributed by atoms with E-state index in [1.165, 1.54) is 0 Å². The maximum atomic E-state index is 10.8. The van der Waals surface area contributed by atoms with Gasteiger partial charge in [-0.05, 0) is 30.3 Å². The fourth-order valence-electron chi connectivity index (χ4n) is 1.64. The summed E-state index contributed by atoms with van der Waals surface area (Å²) in [5.74, 6) is 0.169. The van der Waals surface area contributed by atoms with Gasteiger partial charge in [0.15, 0.2) is 0 Å². The summed E-state index contributed by atoms with van der Waals surface area (Å²) in [7, 11) is 0. The number of para-hydroxylation sites is 1. The highest BCUT2D eigenvalue weighted by Crippen LogP contribution is 2.25. The van der Waals surface area contributed by atoms with Crippen molar-refractivity contribution in [2.75, 3.05) is 0 Å². The van der Waals surface area contributed by atoms with E-state index in [2.05, 4.69) is 0 Å². The molecule has 0 amide bonds. The topological polar surface area (TPSA) is 70.3 Å². The third kappa shape index (κ3) is 3.33. The first-order chi connectivity index (χ1) is 9.19.